The lowest BCUT2D eigenvalue weighted by atomic mass is 10.1. The van der Waals surface area contributed by atoms with E-state index >= 15 is 0 Å². The topological polar surface area (TPSA) is 124 Å². The zero-order chi connectivity index (χ0) is 21.8. The van der Waals surface area contributed by atoms with Gasteiger partial charge in [-0.25, -0.2) is 4.68 Å². The minimum Gasteiger partial charge on any atom is -0.497 e. The molecule has 0 saturated carbocycles. The number of thioether (sulfide) groups is 1. The van der Waals surface area contributed by atoms with Crippen LogP contribution in [0.2, 0.25) is 5.02 Å². The van der Waals surface area contributed by atoms with E-state index in [1.165, 1.54) is 16.4 Å². The zero-order valence-electron chi connectivity index (χ0n) is 16.4. The first-order valence-corrected chi connectivity index (χ1v) is 10.5. The Bertz CT molecular complexity index is 1190. The standard InChI is InChI=1S/C20H18ClN7O2S/c1-30-15-8-6-14(7-9-15)23-18(29)11-31-20-27-26-19(28(20)22)17-10-16(24-25-17)12-2-4-13(21)5-3-12/h2-10H,11,22H2,1H3,(H,23,29)(H,24,25). The van der Waals surface area contributed by atoms with E-state index in [1.54, 1.807) is 43.5 Å². The molecule has 2 heterocycles. The number of carbonyl (C=O) groups excluding carboxylic acids is 1. The van der Waals surface area contributed by atoms with Crippen LogP contribution < -0.4 is 15.9 Å². The van der Waals surface area contributed by atoms with Crippen LogP contribution in [0.5, 0.6) is 5.75 Å². The maximum absolute atomic E-state index is 12.2. The average Bonchev–Trinajstić information content (AvgIpc) is 3.40. The summed E-state index contributed by atoms with van der Waals surface area (Å²) >= 11 is 7.11. The van der Waals surface area contributed by atoms with Gasteiger partial charge in [-0.3, -0.25) is 9.89 Å². The van der Waals surface area contributed by atoms with Crippen molar-refractivity contribution in [2.45, 2.75) is 5.16 Å². The van der Waals surface area contributed by atoms with Crippen LogP contribution in [0.4, 0.5) is 5.69 Å². The van der Waals surface area contributed by atoms with E-state index in [-0.39, 0.29) is 11.7 Å². The molecule has 2 aromatic heterocycles. The Kier molecular flexibility index (Phi) is 6.10. The van der Waals surface area contributed by atoms with Crippen LogP contribution in [0.1, 0.15) is 0 Å². The number of rotatable bonds is 7. The van der Waals surface area contributed by atoms with Crippen molar-refractivity contribution < 1.29 is 9.53 Å². The molecule has 0 bridgehead atoms. The molecule has 4 rings (SSSR count). The molecule has 31 heavy (non-hydrogen) atoms. The molecule has 0 saturated heterocycles. The first-order valence-electron chi connectivity index (χ1n) is 9.12. The highest BCUT2D eigenvalue weighted by Crippen LogP contribution is 2.25. The Morgan fingerprint density at radius 2 is 1.94 bits per heavy atom. The molecular formula is C20H18ClN7O2S. The van der Waals surface area contributed by atoms with Gasteiger partial charge in [0, 0.05) is 16.3 Å². The van der Waals surface area contributed by atoms with Crippen molar-refractivity contribution in [3.8, 4) is 28.5 Å². The molecule has 0 aliphatic rings. The van der Waals surface area contributed by atoms with Crippen molar-refractivity contribution in [3.05, 3.63) is 59.6 Å². The number of H-pyrrole nitrogens is 1. The number of nitrogens with one attached hydrogen (secondary N) is 2. The molecule has 2 aromatic carbocycles. The predicted molar refractivity (Wildman–Crippen MR) is 121 cm³/mol. The van der Waals surface area contributed by atoms with Crippen LogP contribution in [0.15, 0.2) is 59.8 Å². The number of halogens is 1. The van der Waals surface area contributed by atoms with Crippen molar-refractivity contribution in [2.24, 2.45) is 0 Å². The maximum atomic E-state index is 12.2. The van der Waals surface area contributed by atoms with Crippen molar-refractivity contribution in [2.75, 3.05) is 24.0 Å². The quantitative estimate of drug-likeness (QED) is 0.288. The zero-order valence-corrected chi connectivity index (χ0v) is 17.9. The minimum atomic E-state index is -0.189. The molecule has 9 nitrogen and oxygen atoms in total. The van der Waals surface area contributed by atoms with Gasteiger partial charge in [-0.2, -0.15) is 5.10 Å². The van der Waals surface area contributed by atoms with E-state index in [0.29, 0.717) is 33.1 Å². The summed E-state index contributed by atoms with van der Waals surface area (Å²) in [5.74, 6) is 7.20. The Labute approximate surface area is 186 Å². The van der Waals surface area contributed by atoms with Gasteiger partial charge in [0.05, 0.1) is 18.6 Å². The number of methoxy groups -OCH3 is 1. The van der Waals surface area contributed by atoms with Crippen LogP contribution in [-0.4, -0.2) is 43.8 Å². The van der Waals surface area contributed by atoms with Crippen LogP contribution >= 0.6 is 23.4 Å². The fourth-order valence-corrected chi connectivity index (χ4v) is 3.55. The minimum absolute atomic E-state index is 0.125. The average molecular weight is 456 g/mol. The molecule has 11 heteroatoms. The summed E-state index contributed by atoms with van der Waals surface area (Å²) in [6.45, 7) is 0. The van der Waals surface area contributed by atoms with Crippen molar-refractivity contribution in [1.29, 1.82) is 0 Å². The summed E-state index contributed by atoms with van der Waals surface area (Å²) in [6.07, 6.45) is 0. The molecule has 1 amide bonds. The van der Waals surface area contributed by atoms with E-state index in [2.05, 4.69) is 25.7 Å². The summed E-state index contributed by atoms with van der Waals surface area (Å²) < 4.78 is 6.43. The highest BCUT2D eigenvalue weighted by molar-refractivity contribution is 7.99. The number of amides is 1. The first kappa shape index (κ1) is 20.8. The lowest BCUT2D eigenvalue weighted by Crippen LogP contribution is -2.16. The molecule has 0 aliphatic carbocycles. The van der Waals surface area contributed by atoms with E-state index in [4.69, 9.17) is 22.2 Å². The maximum Gasteiger partial charge on any atom is 0.234 e. The van der Waals surface area contributed by atoms with Gasteiger partial charge in [-0.1, -0.05) is 35.5 Å². The van der Waals surface area contributed by atoms with E-state index in [1.807, 2.05) is 18.2 Å². The highest BCUT2D eigenvalue weighted by Gasteiger charge is 2.16. The van der Waals surface area contributed by atoms with E-state index in [0.717, 1.165) is 11.3 Å². The number of nitrogens with two attached hydrogens (primary N) is 1. The molecule has 0 atom stereocenters. The van der Waals surface area contributed by atoms with Gasteiger partial charge in [0.15, 0.2) is 0 Å². The number of anilines is 1. The van der Waals surface area contributed by atoms with Crippen molar-refractivity contribution in [1.82, 2.24) is 25.1 Å². The van der Waals surface area contributed by atoms with Gasteiger partial charge in [-0.15, -0.1) is 10.2 Å². The Morgan fingerprint density at radius 1 is 1.19 bits per heavy atom. The molecular weight excluding hydrogens is 438 g/mol. The van der Waals surface area contributed by atoms with Gasteiger partial charge >= 0.3 is 0 Å². The predicted octanol–water partition coefficient (Wildman–Crippen LogP) is 3.44. The number of aromatic amines is 1. The summed E-state index contributed by atoms with van der Waals surface area (Å²) in [5.41, 5.74) is 2.91. The molecule has 0 unspecified atom stereocenters. The Hall–Kier alpha value is -3.50. The summed E-state index contributed by atoms with van der Waals surface area (Å²) in [7, 11) is 1.59. The van der Waals surface area contributed by atoms with Gasteiger partial charge in [0.1, 0.15) is 11.4 Å². The third-order valence-electron chi connectivity index (χ3n) is 4.33. The summed E-state index contributed by atoms with van der Waals surface area (Å²) in [5, 5.41) is 19.3. The lowest BCUT2D eigenvalue weighted by Gasteiger charge is -2.06. The number of ether oxygens (including phenoxy) is 1. The summed E-state index contributed by atoms with van der Waals surface area (Å²) in [4.78, 5) is 12.2. The van der Waals surface area contributed by atoms with Gasteiger partial charge in [0.2, 0.25) is 16.9 Å². The molecule has 158 valence electrons. The van der Waals surface area contributed by atoms with Gasteiger partial charge in [-0.05, 0) is 42.5 Å². The van der Waals surface area contributed by atoms with E-state index < -0.39 is 0 Å². The van der Waals surface area contributed by atoms with Gasteiger partial charge in [0.25, 0.3) is 0 Å². The fraction of sp³-hybridized carbons (Fsp3) is 0.100. The fourth-order valence-electron chi connectivity index (χ4n) is 2.77. The smallest absolute Gasteiger partial charge is 0.234 e. The highest BCUT2D eigenvalue weighted by atomic mass is 35.5. The number of carbonyl (C=O) groups is 1. The van der Waals surface area contributed by atoms with Gasteiger partial charge < -0.3 is 15.9 Å². The normalized spacial score (nSPS) is 10.8. The van der Waals surface area contributed by atoms with Crippen LogP contribution in [0.25, 0.3) is 22.8 Å². The number of hydrogen-bond donors (Lipinski definition) is 3. The summed E-state index contributed by atoms with van der Waals surface area (Å²) in [6, 6.07) is 16.2. The number of nitrogen functional groups attached to an aromatic ring is 1. The molecule has 4 aromatic rings. The second-order valence-corrected chi connectivity index (χ2v) is 7.79. The Balaban J connectivity index is 1.40. The monoisotopic (exact) mass is 455 g/mol. The van der Waals surface area contributed by atoms with Crippen LogP contribution in [-0.2, 0) is 4.79 Å². The second-order valence-electron chi connectivity index (χ2n) is 6.42. The van der Waals surface area contributed by atoms with Crippen molar-refractivity contribution >= 4 is 35.0 Å². The molecule has 0 spiro atoms. The lowest BCUT2D eigenvalue weighted by molar-refractivity contribution is -0.113. The third-order valence-corrected chi connectivity index (χ3v) is 5.52. The second kappa shape index (κ2) is 9.11. The SMILES string of the molecule is COc1ccc(NC(=O)CSc2nnc(-c3cc(-c4ccc(Cl)cc4)n[nH]3)n2N)cc1. The van der Waals surface area contributed by atoms with E-state index in [9.17, 15) is 4.79 Å². The number of aromatic nitrogens is 5. The molecule has 0 radical (unpaired) electrons. The largest absolute Gasteiger partial charge is 0.497 e. The van der Waals surface area contributed by atoms with Crippen LogP contribution in [0, 0.1) is 0 Å². The number of benzene rings is 2. The van der Waals surface area contributed by atoms with Crippen LogP contribution in [0.3, 0.4) is 0 Å². The number of nitrogens with zero attached hydrogens (tertiary/aromatic N) is 4. The third kappa shape index (κ3) is 4.81. The molecule has 4 N–H and O–H groups in total. The first-order chi connectivity index (χ1) is 15.0. The molecule has 0 fully saturated rings. The van der Waals surface area contributed by atoms with Crippen molar-refractivity contribution in [3.63, 3.8) is 0 Å². The number of hydrogen-bond acceptors (Lipinski definition) is 7. The Morgan fingerprint density at radius 3 is 2.65 bits per heavy atom. The molecule has 0 aliphatic heterocycles.